The molecule has 2 heterocycles. The maximum absolute atomic E-state index is 13.5. The molecule has 0 saturated heterocycles. The van der Waals surface area contributed by atoms with Crippen LogP contribution in [0.25, 0.3) is 34.1 Å². The number of halogens is 1. The highest BCUT2D eigenvalue weighted by Crippen LogP contribution is 2.29. The van der Waals surface area contributed by atoms with Crippen molar-refractivity contribution in [3.05, 3.63) is 72.7 Å². The van der Waals surface area contributed by atoms with Crippen LogP contribution in [0.2, 0.25) is 0 Å². The molecule has 6 heteroatoms. The SMILES string of the molecule is Nc1cc(-c2cccc(F)c2)cc(-c2nc(-c3ccccn3)no2)c1. The molecule has 0 spiro atoms. The van der Waals surface area contributed by atoms with E-state index in [9.17, 15) is 4.39 Å². The van der Waals surface area contributed by atoms with Crippen molar-refractivity contribution in [2.45, 2.75) is 0 Å². The van der Waals surface area contributed by atoms with Gasteiger partial charge in [0, 0.05) is 17.4 Å². The van der Waals surface area contributed by atoms with E-state index in [0.717, 1.165) is 11.1 Å². The Labute approximate surface area is 143 Å². The summed E-state index contributed by atoms with van der Waals surface area (Å²) in [6.45, 7) is 0. The number of rotatable bonds is 3. The Balaban J connectivity index is 1.75. The van der Waals surface area contributed by atoms with Crippen LogP contribution in [0.1, 0.15) is 0 Å². The van der Waals surface area contributed by atoms with Gasteiger partial charge in [-0.05, 0) is 53.6 Å². The van der Waals surface area contributed by atoms with Gasteiger partial charge in [-0.3, -0.25) is 4.98 Å². The van der Waals surface area contributed by atoms with E-state index in [0.29, 0.717) is 28.7 Å². The molecule has 0 aliphatic heterocycles. The van der Waals surface area contributed by atoms with E-state index >= 15 is 0 Å². The first-order chi connectivity index (χ1) is 12.2. The van der Waals surface area contributed by atoms with Crippen molar-refractivity contribution in [1.29, 1.82) is 0 Å². The van der Waals surface area contributed by atoms with Gasteiger partial charge < -0.3 is 10.3 Å². The molecule has 2 aromatic heterocycles. The highest BCUT2D eigenvalue weighted by molar-refractivity contribution is 5.75. The zero-order valence-electron chi connectivity index (χ0n) is 13.1. The van der Waals surface area contributed by atoms with Crippen LogP contribution in [0, 0.1) is 5.82 Å². The van der Waals surface area contributed by atoms with Crippen LogP contribution in [0.15, 0.2) is 71.4 Å². The van der Waals surface area contributed by atoms with E-state index < -0.39 is 0 Å². The second-order valence-electron chi connectivity index (χ2n) is 5.49. The number of nitrogen functional groups attached to an aromatic ring is 1. The average molecular weight is 332 g/mol. The molecule has 0 unspecified atom stereocenters. The highest BCUT2D eigenvalue weighted by atomic mass is 19.1. The van der Waals surface area contributed by atoms with E-state index in [4.69, 9.17) is 10.3 Å². The standard InChI is InChI=1S/C19H13FN4O/c20-15-5-3-4-12(9-15)13-8-14(11-16(21)10-13)19-23-18(24-25-19)17-6-1-2-7-22-17/h1-11H,21H2. The molecule has 25 heavy (non-hydrogen) atoms. The Morgan fingerprint density at radius 1 is 0.880 bits per heavy atom. The van der Waals surface area contributed by atoms with E-state index in [1.165, 1.54) is 12.1 Å². The molecule has 2 N–H and O–H groups in total. The summed E-state index contributed by atoms with van der Waals surface area (Å²) < 4.78 is 18.8. The summed E-state index contributed by atoms with van der Waals surface area (Å²) in [6, 6.07) is 17.1. The molecule has 4 aromatic rings. The third-order valence-electron chi connectivity index (χ3n) is 3.68. The summed E-state index contributed by atoms with van der Waals surface area (Å²) in [4.78, 5) is 8.57. The molecular formula is C19H13FN4O. The molecule has 122 valence electrons. The number of hydrogen-bond donors (Lipinski definition) is 1. The predicted octanol–water partition coefficient (Wildman–Crippen LogP) is 4.19. The van der Waals surface area contributed by atoms with Crippen LogP contribution in [-0.4, -0.2) is 15.1 Å². The van der Waals surface area contributed by atoms with E-state index in [2.05, 4.69) is 15.1 Å². The lowest BCUT2D eigenvalue weighted by atomic mass is 10.0. The number of nitrogens with zero attached hydrogens (tertiary/aromatic N) is 3. The van der Waals surface area contributed by atoms with E-state index in [1.54, 1.807) is 30.5 Å². The Morgan fingerprint density at radius 2 is 1.76 bits per heavy atom. The van der Waals surface area contributed by atoms with Crippen molar-refractivity contribution in [3.63, 3.8) is 0 Å². The fourth-order valence-corrected chi connectivity index (χ4v) is 2.55. The molecule has 0 atom stereocenters. The second kappa shape index (κ2) is 6.16. The number of nitrogens with two attached hydrogens (primary N) is 1. The summed E-state index contributed by atoms with van der Waals surface area (Å²) in [7, 11) is 0. The number of anilines is 1. The molecule has 0 amide bonds. The summed E-state index contributed by atoms with van der Waals surface area (Å²) in [5.74, 6) is 0.410. The van der Waals surface area contributed by atoms with Crippen molar-refractivity contribution in [3.8, 4) is 34.1 Å². The predicted molar refractivity (Wildman–Crippen MR) is 92.8 cm³/mol. The molecule has 0 fully saturated rings. The van der Waals surface area contributed by atoms with Gasteiger partial charge in [-0.1, -0.05) is 23.4 Å². The van der Waals surface area contributed by atoms with Gasteiger partial charge in [0.2, 0.25) is 5.82 Å². The van der Waals surface area contributed by atoms with Crippen LogP contribution < -0.4 is 5.73 Å². The summed E-state index contributed by atoms with van der Waals surface area (Å²) in [5.41, 5.74) is 9.29. The Hall–Kier alpha value is -3.54. The average Bonchev–Trinajstić information content (AvgIpc) is 3.12. The van der Waals surface area contributed by atoms with Crippen LogP contribution in [0.5, 0.6) is 0 Å². The maximum Gasteiger partial charge on any atom is 0.258 e. The molecule has 0 aliphatic carbocycles. The van der Waals surface area contributed by atoms with Gasteiger partial charge in [-0.25, -0.2) is 4.39 Å². The fraction of sp³-hybridized carbons (Fsp3) is 0. The lowest BCUT2D eigenvalue weighted by molar-refractivity contribution is 0.432. The first kappa shape index (κ1) is 15.0. The van der Waals surface area contributed by atoms with Gasteiger partial charge >= 0.3 is 0 Å². The van der Waals surface area contributed by atoms with E-state index in [-0.39, 0.29) is 5.82 Å². The molecule has 4 rings (SSSR count). The van der Waals surface area contributed by atoms with Crippen molar-refractivity contribution in [2.24, 2.45) is 0 Å². The smallest absolute Gasteiger partial charge is 0.258 e. The van der Waals surface area contributed by atoms with Crippen LogP contribution in [-0.2, 0) is 0 Å². The highest BCUT2D eigenvalue weighted by Gasteiger charge is 2.13. The first-order valence-corrected chi connectivity index (χ1v) is 7.61. The van der Waals surface area contributed by atoms with Crippen molar-refractivity contribution in [2.75, 3.05) is 5.73 Å². The molecule has 0 saturated carbocycles. The third-order valence-corrected chi connectivity index (χ3v) is 3.68. The van der Waals surface area contributed by atoms with Gasteiger partial charge in [0.05, 0.1) is 0 Å². The quantitative estimate of drug-likeness (QED) is 0.569. The lowest BCUT2D eigenvalue weighted by Crippen LogP contribution is -1.90. The van der Waals surface area contributed by atoms with Gasteiger partial charge in [0.15, 0.2) is 0 Å². The minimum Gasteiger partial charge on any atom is -0.399 e. The van der Waals surface area contributed by atoms with Gasteiger partial charge in [-0.2, -0.15) is 4.98 Å². The number of benzene rings is 2. The van der Waals surface area contributed by atoms with Crippen LogP contribution in [0.4, 0.5) is 10.1 Å². The second-order valence-corrected chi connectivity index (χ2v) is 5.49. The lowest BCUT2D eigenvalue weighted by Gasteiger charge is -2.05. The van der Waals surface area contributed by atoms with E-state index in [1.807, 2.05) is 24.3 Å². The minimum absolute atomic E-state index is 0.309. The summed E-state index contributed by atoms with van der Waals surface area (Å²) in [6.07, 6.45) is 1.66. The Kier molecular flexibility index (Phi) is 3.70. The molecule has 0 aliphatic rings. The Bertz CT molecular complexity index is 1030. The van der Waals surface area contributed by atoms with Gasteiger partial charge in [0.1, 0.15) is 11.5 Å². The normalized spacial score (nSPS) is 10.8. The van der Waals surface area contributed by atoms with Gasteiger partial charge in [-0.15, -0.1) is 0 Å². The zero-order chi connectivity index (χ0) is 17.2. The number of pyridine rings is 1. The monoisotopic (exact) mass is 332 g/mol. The molecule has 5 nitrogen and oxygen atoms in total. The topological polar surface area (TPSA) is 77.8 Å². The maximum atomic E-state index is 13.5. The van der Waals surface area contributed by atoms with Crippen molar-refractivity contribution < 1.29 is 8.91 Å². The van der Waals surface area contributed by atoms with Crippen LogP contribution in [0.3, 0.4) is 0 Å². The molecule has 0 radical (unpaired) electrons. The number of aromatic nitrogens is 3. The summed E-state index contributed by atoms with van der Waals surface area (Å²) in [5, 5.41) is 3.96. The molecule has 0 bridgehead atoms. The van der Waals surface area contributed by atoms with Crippen molar-refractivity contribution in [1.82, 2.24) is 15.1 Å². The first-order valence-electron chi connectivity index (χ1n) is 7.61. The Morgan fingerprint density at radius 3 is 2.56 bits per heavy atom. The fourth-order valence-electron chi connectivity index (χ4n) is 2.55. The largest absolute Gasteiger partial charge is 0.399 e. The molecular weight excluding hydrogens is 319 g/mol. The van der Waals surface area contributed by atoms with Crippen molar-refractivity contribution >= 4 is 5.69 Å². The zero-order valence-corrected chi connectivity index (χ0v) is 13.1. The third kappa shape index (κ3) is 3.10. The van der Waals surface area contributed by atoms with Crippen LogP contribution >= 0.6 is 0 Å². The van der Waals surface area contributed by atoms with Gasteiger partial charge in [0.25, 0.3) is 5.89 Å². The molecule has 2 aromatic carbocycles. The minimum atomic E-state index is -0.309. The summed E-state index contributed by atoms with van der Waals surface area (Å²) >= 11 is 0. The number of hydrogen-bond acceptors (Lipinski definition) is 5.